The number of benzene rings is 2. The molecule has 0 fully saturated rings. The standard InChI is InChI=1S/C16H16ClNO2/c1-2-20-16(19)13-4-3-5-15(10-13)18-11-12-6-8-14(17)9-7-12/h3-10,18H,2,11H2,1H3. The lowest BCUT2D eigenvalue weighted by molar-refractivity contribution is 0.0526. The summed E-state index contributed by atoms with van der Waals surface area (Å²) in [5, 5.41) is 3.99. The van der Waals surface area contributed by atoms with Crippen LogP contribution >= 0.6 is 11.6 Å². The highest BCUT2D eigenvalue weighted by Gasteiger charge is 2.06. The van der Waals surface area contributed by atoms with Gasteiger partial charge in [-0.25, -0.2) is 4.79 Å². The molecular weight excluding hydrogens is 274 g/mol. The van der Waals surface area contributed by atoms with Gasteiger partial charge in [-0.1, -0.05) is 29.8 Å². The van der Waals surface area contributed by atoms with Gasteiger partial charge in [-0.15, -0.1) is 0 Å². The van der Waals surface area contributed by atoms with Crippen LogP contribution in [-0.2, 0) is 11.3 Å². The molecule has 0 aliphatic heterocycles. The first kappa shape index (κ1) is 14.4. The van der Waals surface area contributed by atoms with E-state index in [0.717, 1.165) is 16.3 Å². The highest BCUT2D eigenvalue weighted by Crippen LogP contribution is 2.14. The van der Waals surface area contributed by atoms with Crippen molar-refractivity contribution in [2.24, 2.45) is 0 Å². The second-order valence-electron chi connectivity index (χ2n) is 4.28. The van der Waals surface area contributed by atoms with E-state index in [1.807, 2.05) is 36.4 Å². The molecule has 2 aromatic rings. The average Bonchev–Trinajstić information content (AvgIpc) is 2.47. The van der Waals surface area contributed by atoms with E-state index in [1.54, 1.807) is 19.1 Å². The lowest BCUT2D eigenvalue weighted by Gasteiger charge is -2.08. The lowest BCUT2D eigenvalue weighted by atomic mass is 10.2. The number of nitrogens with one attached hydrogen (secondary N) is 1. The topological polar surface area (TPSA) is 38.3 Å². The molecule has 3 nitrogen and oxygen atoms in total. The van der Waals surface area contributed by atoms with Crippen molar-refractivity contribution in [2.45, 2.75) is 13.5 Å². The van der Waals surface area contributed by atoms with E-state index >= 15 is 0 Å². The van der Waals surface area contributed by atoms with Crippen molar-refractivity contribution >= 4 is 23.3 Å². The molecule has 0 amide bonds. The molecule has 0 saturated heterocycles. The van der Waals surface area contributed by atoms with Gasteiger partial charge in [0.05, 0.1) is 12.2 Å². The van der Waals surface area contributed by atoms with Crippen LogP contribution in [0.15, 0.2) is 48.5 Å². The third kappa shape index (κ3) is 4.00. The van der Waals surface area contributed by atoms with Crippen molar-refractivity contribution in [3.63, 3.8) is 0 Å². The molecule has 0 saturated carbocycles. The number of carbonyl (C=O) groups is 1. The molecule has 0 aromatic heterocycles. The summed E-state index contributed by atoms with van der Waals surface area (Å²) in [6.07, 6.45) is 0. The zero-order valence-electron chi connectivity index (χ0n) is 11.2. The molecule has 0 unspecified atom stereocenters. The second kappa shape index (κ2) is 6.96. The number of hydrogen-bond acceptors (Lipinski definition) is 3. The van der Waals surface area contributed by atoms with Gasteiger partial charge in [0.2, 0.25) is 0 Å². The summed E-state index contributed by atoms with van der Waals surface area (Å²) < 4.78 is 4.98. The number of carbonyl (C=O) groups excluding carboxylic acids is 1. The van der Waals surface area contributed by atoms with Crippen LogP contribution in [0.4, 0.5) is 5.69 Å². The Morgan fingerprint density at radius 1 is 1.20 bits per heavy atom. The second-order valence-corrected chi connectivity index (χ2v) is 4.72. The Balaban J connectivity index is 2.01. The minimum absolute atomic E-state index is 0.303. The Hall–Kier alpha value is -2.00. The predicted molar refractivity (Wildman–Crippen MR) is 81.2 cm³/mol. The van der Waals surface area contributed by atoms with Gasteiger partial charge in [0.15, 0.2) is 0 Å². The first-order valence-electron chi connectivity index (χ1n) is 6.44. The van der Waals surface area contributed by atoms with E-state index in [9.17, 15) is 4.79 Å². The molecule has 0 radical (unpaired) electrons. The number of esters is 1. The van der Waals surface area contributed by atoms with Gasteiger partial charge in [0.25, 0.3) is 0 Å². The third-order valence-electron chi connectivity index (χ3n) is 2.78. The van der Waals surface area contributed by atoms with E-state index in [0.29, 0.717) is 18.7 Å². The smallest absolute Gasteiger partial charge is 0.338 e. The van der Waals surface area contributed by atoms with E-state index < -0.39 is 0 Å². The maximum atomic E-state index is 11.6. The average molecular weight is 290 g/mol. The number of rotatable bonds is 5. The normalized spacial score (nSPS) is 10.1. The van der Waals surface area contributed by atoms with Gasteiger partial charge in [0, 0.05) is 17.3 Å². The molecule has 0 bridgehead atoms. The first-order chi connectivity index (χ1) is 9.69. The number of halogens is 1. The van der Waals surface area contributed by atoms with Crippen LogP contribution in [0, 0.1) is 0 Å². The molecule has 0 atom stereocenters. The Labute approximate surface area is 123 Å². The van der Waals surface area contributed by atoms with Gasteiger partial charge in [-0.05, 0) is 42.8 Å². The maximum Gasteiger partial charge on any atom is 0.338 e. The summed E-state index contributed by atoms with van der Waals surface area (Å²) in [5.41, 5.74) is 2.55. The maximum absolute atomic E-state index is 11.6. The Kier molecular flexibility index (Phi) is 5.02. The van der Waals surface area contributed by atoms with Crippen LogP contribution in [0.3, 0.4) is 0 Å². The van der Waals surface area contributed by atoms with Crippen LogP contribution in [-0.4, -0.2) is 12.6 Å². The lowest BCUT2D eigenvalue weighted by Crippen LogP contribution is -2.06. The van der Waals surface area contributed by atoms with E-state index in [1.165, 1.54) is 0 Å². The van der Waals surface area contributed by atoms with E-state index in [4.69, 9.17) is 16.3 Å². The quantitative estimate of drug-likeness (QED) is 0.841. The number of hydrogen-bond donors (Lipinski definition) is 1. The first-order valence-corrected chi connectivity index (χ1v) is 6.82. The summed E-state index contributed by atoms with van der Waals surface area (Å²) in [6.45, 7) is 2.84. The van der Waals surface area contributed by atoms with Crippen LogP contribution < -0.4 is 5.32 Å². The molecule has 4 heteroatoms. The number of anilines is 1. The van der Waals surface area contributed by atoms with Crippen molar-refractivity contribution in [1.82, 2.24) is 0 Å². The fourth-order valence-electron chi connectivity index (χ4n) is 1.78. The third-order valence-corrected chi connectivity index (χ3v) is 3.04. The summed E-state index contributed by atoms with van der Waals surface area (Å²) in [6, 6.07) is 14.9. The molecule has 2 rings (SSSR count). The van der Waals surface area contributed by atoms with Crippen molar-refractivity contribution < 1.29 is 9.53 Å². The molecule has 20 heavy (non-hydrogen) atoms. The van der Waals surface area contributed by atoms with Crippen LogP contribution in [0.25, 0.3) is 0 Å². The monoisotopic (exact) mass is 289 g/mol. The molecule has 104 valence electrons. The molecule has 0 aliphatic carbocycles. The minimum Gasteiger partial charge on any atom is -0.462 e. The van der Waals surface area contributed by atoms with Gasteiger partial charge >= 0.3 is 5.97 Å². The zero-order chi connectivity index (χ0) is 14.4. The molecule has 2 aromatic carbocycles. The van der Waals surface area contributed by atoms with Gasteiger partial charge in [-0.3, -0.25) is 0 Å². The Bertz CT molecular complexity index is 581. The Morgan fingerprint density at radius 3 is 2.65 bits per heavy atom. The van der Waals surface area contributed by atoms with Crippen LogP contribution in [0.1, 0.15) is 22.8 Å². The zero-order valence-corrected chi connectivity index (χ0v) is 12.0. The fraction of sp³-hybridized carbons (Fsp3) is 0.188. The van der Waals surface area contributed by atoms with Gasteiger partial charge < -0.3 is 10.1 Å². The fourth-order valence-corrected chi connectivity index (χ4v) is 1.90. The molecule has 0 heterocycles. The summed E-state index contributed by atoms with van der Waals surface area (Å²) in [4.78, 5) is 11.6. The molecule has 0 aliphatic rings. The summed E-state index contributed by atoms with van der Waals surface area (Å²) in [5.74, 6) is -0.303. The van der Waals surface area contributed by atoms with Gasteiger partial charge in [-0.2, -0.15) is 0 Å². The number of ether oxygens (including phenoxy) is 1. The van der Waals surface area contributed by atoms with Gasteiger partial charge in [0.1, 0.15) is 0 Å². The summed E-state index contributed by atoms with van der Waals surface area (Å²) >= 11 is 5.84. The molecular formula is C16H16ClNO2. The van der Waals surface area contributed by atoms with Crippen LogP contribution in [0.2, 0.25) is 5.02 Å². The van der Waals surface area contributed by atoms with Crippen molar-refractivity contribution in [3.8, 4) is 0 Å². The largest absolute Gasteiger partial charge is 0.462 e. The molecule has 1 N–H and O–H groups in total. The Morgan fingerprint density at radius 2 is 1.95 bits per heavy atom. The van der Waals surface area contributed by atoms with E-state index in [2.05, 4.69) is 5.32 Å². The van der Waals surface area contributed by atoms with Crippen molar-refractivity contribution in [1.29, 1.82) is 0 Å². The van der Waals surface area contributed by atoms with E-state index in [-0.39, 0.29) is 5.97 Å². The SMILES string of the molecule is CCOC(=O)c1cccc(NCc2ccc(Cl)cc2)c1. The predicted octanol–water partition coefficient (Wildman–Crippen LogP) is 4.13. The van der Waals surface area contributed by atoms with Crippen molar-refractivity contribution in [2.75, 3.05) is 11.9 Å². The molecule has 0 spiro atoms. The highest BCUT2D eigenvalue weighted by molar-refractivity contribution is 6.30. The minimum atomic E-state index is -0.303. The summed E-state index contributed by atoms with van der Waals surface area (Å²) in [7, 11) is 0. The highest BCUT2D eigenvalue weighted by atomic mass is 35.5. The van der Waals surface area contributed by atoms with Crippen LogP contribution in [0.5, 0.6) is 0 Å². The van der Waals surface area contributed by atoms with Crippen molar-refractivity contribution in [3.05, 3.63) is 64.7 Å².